The fraction of sp³-hybridized carbons (Fsp3) is 0.409. The van der Waals surface area contributed by atoms with E-state index in [-0.39, 0.29) is 12.4 Å². The second-order valence-electron chi connectivity index (χ2n) is 8.28. The van der Waals surface area contributed by atoms with Gasteiger partial charge in [-0.2, -0.15) is 0 Å². The van der Waals surface area contributed by atoms with E-state index in [0.717, 1.165) is 19.8 Å². The zero-order valence-electron chi connectivity index (χ0n) is 19.7. The molecule has 0 saturated carbocycles. The van der Waals surface area contributed by atoms with Gasteiger partial charge in [0, 0.05) is 12.1 Å². The van der Waals surface area contributed by atoms with Crippen molar-refractivity contribution in [3.8, 4) is 28.7 Å². The third-order valence-corrected chi connectivity index (χ3v) is 6.63. The van der Waals surface area contributed by atoms with Crippen LogP contribution in [-0.4, -0.2) is 62.4 Å². The molecule has 3 aliphatic heterocycles. The van der Waals surface area contributed by atoms with Crippen molar-refractivity contribution in [3.63, 3.8) is 0 Å². The summed E-state index contributed by atoms with van der Waals surface area (Å²) in [6.07, 6.45) is -0.721. The molecule has 0 bridgehead atoms. The van der Waals surface area contributed by atoms with Gasteiger partial charge in [-0.3, -0.25) is 25.1 Å². The van der Waals surface area contributed by atoms with Crippen LogP contribution >= 0.6 is 0 Å². The van der Waals surface area contributed by atoms with E-state index in [2.05, 4.69) is 0 Å². The predicted octanol–water partition coefficient (Wildman–Crippen LogP) is 2.70. The number of rotatable bonds is 6. The SMILES string of the molecule is COc1c2c(cc3c1[C@H]([C@H]1OC(=O)c4c1c([N+](=O)[O-])c(OC)c(OC)c4[N+](=O)[O-])N(C)CC3)OCO2. The number of fused-ring (bicyclic) bond motifs is 3. The van der Waals surface area contributed by atoms with Crippen molar-refractivity contribution in [2.45, 2.75) is 18.6 Å². The molecule has 0 unspecified atom stereocenters. The number of carbonyl (C=O) groups excluding carboxylic acids is 1. The van der Waals surface area contributed by atoms with E-state index in [1.807, 2.05) is 4.90 Å². The maximum atomic E-state index is 13.1. The van der Waals surface area contributed by atoms with E-state index < -0.39 is 56.4 Å². The summed E-state index contributed by atoms with van der Waals surface area (Å²) in [6.45, 7) is 0.484. The molecule has 0 spiro atoms. The number of benzene rings is 2. The van der Waals surface area contributed by atoms with Gasteiger partial charge in [0.25, 0.3) is 0 Å². The molecule has 0 amide bonds. The Balaban J connectivity index is 1.83. The monoisotopic (exact) mass is 503 g/mol. The summed E-state index contributed by atoms with van der Waals surface area (Å²) in [4.78, 5) is 37.7. The molecule has 0 aromatic heterocycles. The first-order valence-electron chi connectivity index (χ1n) is 10.8. The Hall–Kier alpha value is -4.33. The lowest BCUT2D eigenvalue weighted by molar-refractivity contribution is -0.391. The second kappa shape index (κ2) is 8.41. The lowest BCUT2D eigenvalue weighted by Crippen LogP contribution is -2.36. The largest absolute Gasteiger partial charge is 0.492 e. The average molecular weight is 503 g/mol. The summed E-state index contributed by atoms with van der Waals surface area (Å²) >= 11 is 0. The number of likely N-dealkylation sites (N-methyl/N-ethyl adjacent to an activating group) is 1. The van der Waals surface area contributed by atoms with Gasteiger partial charge in [0.2, 0.25) is 24.0 Å². The number of nitro groups is 2. The predicted molar refractivity (Wildman–Crippen MR) is 119 cm³/mol. The smallest absolute Gasteiger partial charge is 0.346 e. The van der Waals surface area contributed by atoms with Crippen LogP contribution in [-0.2, 0) is 11.2 Å². The quantitative estimate of drug-likeness (QED) is 0.322. The fourth-order valence-corrected chi connectivity index (χ4v) is 5.22. The molecule has 0 saturated heterocycles. The van der Waals surface area contributed by atoms with Gasteiger partial charge in [-0.25, -0.2) is 4.79 Å². The maximum absolute atomic E-state index is 13.1. The van der Waals surface area contributed by atoms with Crippen LogP contribution in [0.25, 0.3) is 0 Å². The van der Waals surface area contributed by atoms with Crippen LogP contribution in [0.1, 0.15) is 39.2 Å². The van der Waals surface area contributed by atoms with E-state index >= 15 is 0 Å². The van der Waals surface area contributed by atoms with Gasteiger partial charge in [-0.05, 0) is 25.1 Å². The highest BCUT2D eigenvalue weighted by Crippen LogP contribution is 2.59. The second-order valence-corrected chi connectivity index (χ2v) is 8.28. The van der Waals surface area contributed by atoms with Gasteiger partial charge in [0.05, 0.1) is 42.8 Å². The van der Waals surface area contributed by atoms with Gasteiger partial charge < -0.3 is 28.4 Å². The van der Waals surface area contributed by atoms with Gasteiger partial charge in [-0.15, -0.1) is 0 Å². The van der Waals surface area contributed by atoms with Crippen LogP contribution in [0.5, 0.6) is 28.7 Å². The highest BCUT2D eigenvalue weighted by Gasteiger charge is 2.54. The third-order valence-electron chi connectivity index (χ3n) is 6.63. The molecule has 0 fully saturated rings. The van der Waals surface area contributed by atoms with E-state index in [9.17, 15) is 25.0 Å². The first-order valence-corrected chi connectivity index (χ1v) is 10.8. The Labute approximate surface area is 203 Å². The summed E-state index contributed by atoms with van der Waals surface area (Å²) in [5.74, 6) is -0.916. The van der Waals surface area contributed by atoms with E-state index in [0.29, 0.717) is 35.8 Å². The molecule has 2 aromatic carbocycles. The van der Waals surface area contributed by atoms with Crippen LogP contribution in [0.3, 0.4) is 0 Å². The lowest BCUT2D eigenvalue weighted by Gasteiger charge is -2.38. The van der Waals surface area contributed by atoms with Crippen molar-refractivity contribution in [3.05, 3.63) is 48.5 Å². The summed E-state index contributed by atoms with van der Waals surface area (Å²) in [7, 11) is 5.42. The highest BCUT2D eigenvalue weighted by atomic mass is 16.7. The molecule has 0 aliphatic carbocycles. The summed E-state index contributed by atoms with van der Waals surface area (Å²) in [6, 6.07) is 0.989. The van der Waals surface area contributed by atoms with Crippen molar-refractivity contribution in [2.75, 3.05) is 41.7 Å². The number of carbonyl (C=O) groups is 1. The zero-order valence-corrected chi connectivity index (χ0v) is 19.7. The minimum Gasteiger partial charge on any atom is -0.492 e. The molecule has 2 aromatic rings. The minimum absolute atomic E-state index is 0.00893. The van der Waals surface area contributed by atoms with Gasteiger partial charge in [0.1, 0.15) is 0 Å². The number of hydrogen-bond acceptors (Lipinski definition) is 12. The third kappa shape index (κ3) is 3.10. The number of nitro benzene ring substituents is 2. The Bertz CT molecular complexity index is 1330. The topological polar surface area (TPSA) is 162 Å². The van der Waals surface area contributed by atoms with Crippen molar-refractivity contribution in [2.24, 2.45) is 0 Å². The van der Waals surface area contributed by atoms with Crippen LogP contribution in [0, 0.1) is 20.2 Å². The molecule has 36 heavy (non-hydrogen) atoms. The van der Waals surface area contributed by atoms with Gasteiger partial charge in [0.15, 0.2) is 23.2 Å². The molecule has 14 heteroatoms. The number of hydrogen-bond donors (Lipinski definition) is 0. The molecular formula is C22H21N3O11. The van der Waals surface area contributed by atoms with E-state index in [4.69, 9.17) is 28.4 Å². The number of nitrogens with zero attached hydrogens (tertiary/aromatic N) is 3. The molecule has 3 aliphatic rings. The molecular weight excluding hydrogens is 482 g/mol. The van der Waals surface area contributed by atoms with Crippen molar-refractivity contribution < 1.29 is 43.1 Å². The first kappa shape index (κ1) is 23.4. The number of methoxy groups -OCH3 is 3. The maximum Gasteiger partial charge on any atom is 0.346 e. The lowest BCUT2D eigenvalue weighted by atomic mass is 9.84. The van der Waals surface area contributed by atoms with E-state index in [1.54, 1.807) is 13.1 Å². The first-order chi connectivity index (χ1) is 17.2. The normalized spacial score (nSPS) is 19.8. The number of ether oxygens (including phenoxy) is 6. The fourth-order valence-electron chi connectivity index (χ4n) is 5.22. The molecule has 5 rings (SSSR count). The number of esters is 1. The molecule has 190 valence electrons. The van der Waals surface area contributed by atoms with Crippen molar-refractivity contribution in [1.29, 1.82) is 0 Å². The van der Waals surface area contributed by atoms with Crippen LogP contribution in [0.4, 0.5) is 11.4 Å². The summed E-state index contributed by atoms with van der Waals surface area (Å²) in [5, 5.41) is 24.3. The minimum atomic E-state index is -1.30. The average Bonchev–Trinajstić information content (AvgIpc) is 3.44. The molecule has 2 atom stereocenters. The Morgan fingerprint density at radius 2 is 1.61 bits per heavy atom. The molecule has 0 N–H and O–H groups in total. The summed E-state index contributed by atoms with van der Waals surface area (Å²) < 4.78 is 32.8. The van der Waals surface area contributed by atoms with Gasteiger partial charge >= 0.3 is 17.3 Å². The van der Waals surface area contributed by atoms with Crippen LogP contribution in [0.2, 0.25) is 0 Å². The zero-order chi connectivity index (χ0) is 25.9. The van der Waals surface area contributed by atoms with Gasteiger partial charge in [-0.1, -0.05) is 0 Å². The summed E-state index contributed by atoms with van der Waals surface area (Å²) in [5.41, 5.74) is -0.840. The standard InChI is InChI=1S/C22H21N3O11/c1-23-6-5-9-7-10-17(35-8-34-10)19(31-2)11(9)14(23)18-12-13(22(26)36-18)16(25(29)30)21(33-4)20(32-3)15(12)24(27)28/h7,14,18H,5-6,8H2,1-4H3/t14-,18+/m1/s1. The highest BCUT2D eigenvalue weighted by molar-refractivity contribution is 6.02. The number of cyclic esters (lactones) is 1. The molecule has 0 radical (unpaired) electrons. The molecule has 3 heterocycles. The van der Waals surface area contributed by atoms with Crippen molar-refractivity contribution in [1.82, 2.24) is 4.90 Å². The van der Waals surface area contributed by atoms with E-state index in [1.165, 1.54) is 7.11 Å². The van der Waals surface area contributed by atoms with Crippen LogP contribution in [0.15, 0.2) is 6.07 Å². The molecule has 14 nitrogen and oxygen atoms in total. The Morgan fingerprint density at radius 1 is 0.972 bits per heavy atom. The van der Waals surface area contributed by atoms with Crippen molar-refractivity contribution >= 4 is 17.3 Å². The van der Waals surface area contributed by atoms with Crippen LogP contribution < -0.4 is 23.7 Å². The Morgan fingerprint density at radius 3 is 2.22 bits per heavy atom. The Kier molecular flexibility index (Phi) is 5.47.